The topological polar surface area (TPSA) is 47.1 Å². The summed E-state index contributed by atoms with van der Waals surface area (Å²) in [6.07, 6.45) is 6.57. The Morgan fingerprint density at radius 3 is 2.83 bits per heavy atom. The number of nitrogens with zero attached hydrogens (tertiary/aromatic N) is 3. The summed E-state index contributed by atoms with van der Waals surface area (Å²) in [6, 6.07) is 0.656. The maximum absolute atomic E-state index is 5.92. The Labute approximate surface area is 110 Å². The van der Waals surface area contributed by atoms with E-state index in [0.717, 1.165) is 6.54 Å². The van der Waals surface area contributed by atoms with Gasteiger partial charge >= 0.3 is 0 Å². The van der Waals surface area contributed by atoms with Crippen LogP contribution in [0.4, 0.5) is 0 Å². The van der Waals surface area contributed by atoms with Gasteiger partial charge in [-0.1, -0.05) is 13.8 Å². The lowest BCUT2D eigenvalue weighted by molar-refractivity contribution is 0.277. The average molecular weight is 250 g/mol. The van der Waals surface area contributed by atoms with Crippen LogP contribution in [0, 0.1) is 5.92 Å². The number of hydrogen-bond acceptors (Lipinski definition) is 3. The number of rotatable bonds is 5. The summed E-state index contributed by atoms with van der Waals surface area (Å²) in [5, 5.41) is 0. The third-order valence-corrected chi connectivity index (χ3v) is 4.26. The Hall–Kier alpha value is -0.870. The van der Waals surface area contributed by atoms with E-state index in [1.165, 1.54) is 25.1 Å². The van der Waals surface area contributed by atoms with E-state index in [4.69, 9.17) is 5.73 Å². The SMILES string of the molecule is CC(C)C(CN)c1cncn1CC1CCCN1C. The molecule has 0 amide bonds. The third-order valence-electron chi connectivity index (χ3n) is 4.26. The van der Waals surface area contributed by atoms with Crippen LogP contribution in [0.25, 0.3) is 0 Å². The first-order valence-electron chi connectivity index (χ1n) is 7.03. The van der Waals surface area contributed by atoms with E-state index in [1.54, 1.807) is 0 Å². The van der Waals surface area contributed by atoms with Gasteiger partial charge in [0.25, 0.3) is 0 Å². The highest BCUT2D eigenvalue weighted by Crippen LogP contribution is 2.24. The zero-order valence-corrected chi connectivity index (χ0v) is 11.8. The maximum Gasteiger partial charge on any atom is 0.0948 e. The molecule has 1 aliphatic heterocycles. The molecule has 1 aromatic rings. The smallest absolute Gasteiger partial charge is 0.0948 e. The zero-order valence-electron chi connectivity index (χ0n) is 11.8. The molecule has 0 aromatic carbocycles. The van der Waals surface area contributed by atoms with Crippen LogP contribution in [0.1, 0.15) is 38.3 Å². The van der Waals surface area contributed by atoms with E-state index < -0.39 is 0 Å². The number of likely N-dealkylation sites (N-methyl/N-ethyl adjacent to an activating group) is 1. The van der Waals surface area contributed by atoms with E-state index in [9.17, 15) is 0 Å². The summed E-state index contributed by atoms with van der Waals surface area (Å²) in [7, 11) is 2.22. The van der Waals surface area contributed by atoms with E-state index in [-0.39, 0.29) is 0 Å². The lowest BCUT2D eigenvalue weighted by Gasteiger charge is -2.24. The first-order valence-corrected chi connectivity index (χ1v) is 7.03. The lowest BCUT2D eigenvalue weighted by Crippen LogP contribution is -2.31. The van der Waals surface area contributed by atoms with Gasteiger partial charge in [0, 0.05) is 36.9 Å². The number of hydrogen-bond donors (Lipinski definition) is 1. The van der Waals surface area contributed by atoms with Crippen molar-refractivity contribution in [1.82, 2.24) is 14.5 Å². The Balaban J connectivity index is 2.11. The molecule has 0 saturated carbocycles. The van der Waals surface area contributed by atoms with Crippen molar-refractivity contribution in [2.24, 2.45) is 11.7 Å². The van der Waals surface area contributed by atoms with Crippen molar-refractivity contribution in [3.63, 3.8) is 0 Å². The number of aromatic nitrogens is 2. The van der Waals surface area contributed by atoms with Gasteiger partial charge in [-0.2, -0.15) is 0 Å². The van der Waals surface area contributed by atoms with E-state index in [2.05, 4.69) is 35.3 Å². The van der Waals surface area contributed by atoms with Crippen molar-refractivity contribution in [2.45, 2.75) is 45.2 Å². The zero-order chi connectivity index (χ0) is 13.1. The van der Waals surface area contributed by atoms with E-state index in [1.807, 2.05) is 12.5 Å². The van der Waals surface area contributed by atoms with Crippen LogP contribution in [-0.2, 0) is 6.54 Å². The van der Waals surface area contributed by atoms with Gasteiger partial charge in [0.05, 0.1) is 6.33 Å². The summed E-state index contributed by atoms with van der Waals surface area (Å²) in [6.45, 7) is 7.44. The van der Waals surface area contributed by atoms with Crippen molar-refractivity contribution < 1.29 is 0 Å². The molecule has 0 bridgehead atoms. The largest absolute Gasteiger partial charge is 0.333 e. The quantitative estimate of drug-likeness (QED) is 0.865. The first kappa shape index (κ1) is 13.6. The normalized spacial score (nSPS) is 22.8. The molecule has 1 aliphatic rings. The molecule has 2 rings (SSSR count). The number of nitrogens with two attached hydrogens (primary N) is 1. The summed E-state index contributed by atoms with van der Waals surface area (Å²) in [4.78, 5) is 6.78. The Bertz CT molecular complexity index is 372. The fourth-order valence-electron chi connectivity index (χ4n) is 2.96. The van der Waals surface area contributed by atoms with Crippen LogP contribution in [0.3, 0.4) is 0 Å². The van der Waals surface area contributed by atoms with Crippen molar-refractivity contribution in [3.8, 4) is 0 Å². The van der Waals surface area contributed by atoms with Crippen LogP contribution >= 0.6 is 0 Å². The summed E-state index contributed by atoms with van der Waals surface area (Å²) in [5.41, 5.74) is 7.22. The van der Waals surface area contributed by atoms with Crippen LogP contribution < -0.4 is 5.73 Å². The van der Waals surface area contributed by atoms with Gasteiger partial charge in [0.2, 0.25) is 0 Å². The molecule has 0 radical (unpaired) electrons. The molecule has 1 aromatic heterocycles. The standard InChI is InChI=1S/C14H26N4/c1-11(2)13(7-15)14-8-16-10-18(14)9-12-5-4-6-17(12)3/h8,10-13H,4-7,9,15H2,1-3H3. The Morgan fingerprint density at radius 2 is 2.28 bits per heavy atom. The molecule has 1 saturated heterocycles. The minimum absolute atomic E-state index is 0.416. The summed E-state index contributed by atoms with van der Waals surface area (Å²) < 4.78 is 2.31. The minimum Gasteiger partial charge on any atom is -0.333 e. The first-order chi connectivity index (χ1) is 8.63. The fraction of sp³-hybridized carbons (Fsp3) is 0.786. The highest BCUT2D eigenvalue weighted by Gasteiger charge is 2.24. The van der Waals surface area contributed by atoms with Gasteiger partial charge in [-0.3, -0.25) is 0 Å². The molecule has 2 heterocycles. The predicted molar refractivity (Wildman–Crippen MR) is 74.5 cm³/mol. The fourth-order valence-corrected chi connectivity index (χ4v) is 2.96. The van der Waals surface area contributed by atoms with Crippen molar-refractivity contribution in [1.29, 1.82) is 0 Å². The predicted octanol–water partition coefficient (Wildman–Crippen LogP) is 1.68. The van der Waals surface area contributed by atoms with Gasteiger partial charge in [-0.05, 0) is 32.4 Å². The van der Waals surface area contributed by atoms with Crippen LogP contribution in [0.5, 0.6) is 0 Å². The minimum atomic E-state index is 0.416. The molecule has 1 fully saturated rings. The molecule has 0 aliphatic carbocycles. The second-order valence-corrected chi connectivity index (χ2v) is 5.83. The van der Waals surface area contributed by atoms with Crippen molar-refractivity contribution >= 4 is 0 Å². The Morgan fingerprint density at radius 1 is 1.50 bits per heavy atom. The van der Waals surface area contributed by atoms with Crippen LogP contribution in [0.2, 0.25) is 0 Å². The Kier molecular flexibility index (Phi) is 4.40. The summed E-state index contributed by atoms with van der Waals surface area (Å²) >= 11 is 0. The molecular formula is C14H26N4. The molecule has 102 valence electrons. The third kappa shape index (κ3) is 2.75. The van der Waals surface area contributed by atoms with E-state index >= 15 is 0 Å². The average Bonchev–Trinajstić information content (AvgIpc) is 2.91. The van der Waals surface area contributed by atoms with E-state index in [0.29, 0.717) is 24.4 Å². The van der Waals surface area contributed by atoms with Crippen LogP contribution in [0.15, 0.2) is 12.5 Å². The molecular weight excluding hydrogens is 224 g/mol. The van der Waals surface area contributed by atoms with Gasteiger partial charge in [-0.15, -0.1) is 0 Å². The van der Waals surface area contributed by atoms with Gasteiger partial charge in [0.1, 0.15) is 0 Å². The molecule has 18 heavy (non-hydrogen) atoms. The second kappa shape index (κ2) is 5.85. The van der Waals surface area contributed by atoms with Crippen LogP contribution in [-0.4, -0.2) is 40.6 Å². The van der Waals surface area contributed by atoms with Gasteiger partial charge in [-0.25, -0.2) is 4.98 Å². The molecule has 2 atom stereocenters. The molecule has 2 N–H and O–H groups in total. The van der Waals surface area contributed by atoms with Crippen molar-refractivity contribution in [2.75, 3.05) is 20.1 Å². The lowest BCUT2D eigenvalue weighted by atomic mass is 9.93. The van der Waals surface area contributed by atoms with Crippen molar-refractivity contribution in [3.05, 3.63) is 18.2 Å². The molecule has 2 unspecified atom stereocenters. The number of imidazole rings is 1. The monoisotopic (exact) mass is 250 g/mol. The highest BCUT2D eigenvalue weighted by molar-refractivity contribution is 5.08. The van der Waals surface area contributed by atoms with Gasteiger partial charge in [0.15, 0.2) is 0 Å². The second-order valence-electron chi connectivity index (χ2n) is 5.83. The van der Waals surface area contributed by atoms with Gasteiger partial charge < -0.3 is 15.2 Å². The molecule has 0 spiro atoms. The molecule has 4 nitrogen and oxygen atoms in total. The molecule has 4 heteroatoms. The summed E-state index contributed by atoms with van der Waals surface area (Å²) in [5.74, 6) is 0.978. The maximum atomic E-state index is 5.92. The number of likely N-dealkylation sites (tertiary alicyclic amines) is 1. The highest BCUT2D eigenvalue weighted by atomic mass is 15.2.